The van der Waals surface area contributed by atoms with Crippen LogP contribution in [-0.2, 0) is 0 Å². The number of imidazole rings is 1. The molecule has 0 aliphatic rings. The molecule has 0 saturated carbocycles. The van der Waals surface area contributed by atoms with E-state index in [2.05, 4.69) is 16.0 Å². The highest BCUT2D eigenvalue weighted by Crippen LogP contribution is 2.31. The predicted molar refractivity (Wildman–Crippen MR) is 95.1 cm³/mol. The molecule has 5 nitrogen and oxygen atoms in total. The number of H-pyrrole nitrogens is 1. The first-order valence-electron chi connectivity index (χ1n) is 7.20. The summed E-state index contributed by atoms with van der Waals surface area (Å²) in [5.41, 5.74) is 2.62. The maximum absolute atomic E-state index is 9.44. The maximum atomic E-state index is 9.44. The van der Waals surface area contributed by atoms with Gasteiger partial charge < -0.3 is 14.5 Å². The molecular weight excluding hydrogens is 322 g/mol. The van der Waals surface area contributed by atoms with Gasteiger partial charge in [0, 0.05) is 11.6 Å². The van der Waals surface area contributed by atoms with Crippen LogP contribution in [-0.4, -0.2) is 24.2 Å². The summed E-state index contributed by atoms with van der Waals surface area (Å²) in [4.78, 5) is 8.19. The molecule has 1 aromatic heterocycles. The smallest absolute Gasteiger partial charge is 0.171 e. The number of fused-ring (bicyclic) bond motifs is 1. The molecule has 1 heterocycles. The Morgan fingerprint density at radius 2 is 2.04 bits per heavy atom. The Morgan fingerprint density at radius 3 is 2.75 bits per heavy atom. The van der Waals surface area contributed by atoms with Crippen LogP contribution in [0.1, 0.15) is 5.56 Å². The Labute approximate surface area is 143 Å². The maximum Gasteiger partial charge on any atom is 0.171 e. The van der Waals surface area contributed by atoms with Crippen molar-refractivity contribution in [1.82, 2.24) is 9.97 Å². The number of aromatic nitrogens is 2. The normalized spacial score (nSPS) is 11.3. The fourth-order valence-corrected chi connectivity index (χ4v) is 2.99. The van der Waals surface area contributed by atoms with Gasteiger partial charge in [-0.15, -0.1) is 0 Å². The highest BCUT2D eigenvalue weighted by Gasteiger charge is 2.09. The minimum Gasteiger partial charge on any atom is -0.497 e. The van der Waals surface area contributed by atoms with Gasteiger partial charge in [0.15, 0.2) is 5.16 Å². The molecule has 0 amide bonds. The number of nitrogens with one attached hydrogen (secondary N) is 1. The summed E-state index contributed by atoms with van der Waals surface area (Å²) in [5, 5.41) is 10.1. The molecule has 3 aromatic rings. The van der Waals surface area contributed by atoms with Gasteiger partial charge in [0.2, 0.25) is 0 Å². The lowest BCUT2D eigenvalue weighted by Crippen LogP contribution is -1.90. The zero-order chi connectivity index (χ0) is 16.9. The highest BCUT2D eigenvalue weighted by molar-refractivity contribution is 8.03. The Morgan fingerprint density at radius 1 is 1.21 bits per heavy atom. The average Bonchev–Trinajstić information content (AvgIpc) is 3.03. The number of nitrogens with zero attached hydrogens (tertiary/aromatic N) is 2. The van der Waals surface area contributed by atoms with Crippen LogP contribution in [0.25, 0.3) is 17.1 Å². The van der Waals surface area contributed by atoms with E-state index in [0.717, 1.165) is 16.6 Å². The van der Waals surface area contributed by atoms with Gasteiger partial charge in [-0.25, -0.2) is 4.98 Å². The second kappa shape index (κ2) is 7.11. The fourth-order valence-electron chi connectivity index (χ4n) is 2.25. The second-order valence-electron chi connectivity index (χ2n) is 4.89. The molecule has 3 rings (SSSR count). The van der Waals surface area contributed by atoms with Crippen molar-refractivity contribution in [2.75, 3.05) is 14.2 Å². The molecule has 120 valence electrons. The number of hydrogen-bond acceptors (Lipinski definition) is 5. The third kappa shape index (κ3) is 3.36. The number of nitriles is 1. The van der Waals surface area contributed by atoms with Crippen LogP contribution in [0, 0.1) is 11.3 Å². The van der Waals surface area contributed by atoms with Gasteiger partial charge in [-0.2, -0.15) is 5.26 Å². The van der Waals surface area contributed by atoms with E-state index in [4.69, 9.17) is 9.47 Å². The summed E-state index contributed by atoms with van der Waals surface area (Å²) in [6.07, 6.45) is 1.77. The second-order valence-corrected chi connectivity index (χ2v) is 5.92. The molecule has 0 saturated heterocycles. The molecule has 6 heteroatoms. The van der Waals surface area contributed by atoms with E-state index in [1.165, 1.54) is 11.8 Å². The number of allylic oxidation sites excluding steroid dienone is 1. The average molecular weight is 337 g/mol. The minimum absolute atomic E-state index is 0.512. The van der Waals surface area contributed by atoms with Crippen molar-refractivity contribution in [3.05, 3.63) is 52.9 Å². The summed E-state index contributed by atoms with van der Waals surface area (Å²) >= 11 is 1.28. The van der Waals surface area contributed by atoms with Crippen LogP contribution in [0.4, 0.5) is 0 Å². The van der Waals surface area contributed by atoms with E-state index in [0.29, 0.717) is 21.6 Å². The molecule has 0 unspecified atom stereocenters. The Hall–Kier alpha value is -2.91. The standard InChI is InChI=1S/C18H15N3O2S/c1-22-13-8-7-12(17(10-13)23-2)9-14(11-19)24-18-20-15-5-3-4-6-16(15)21-18/h3-10H,1-2H3,(H,20,21)/b14-9-. The van der Waals surface area contributed by atoms with E-state index in [9.17, 15) is 5.26 Å². The Bertz CT molecular complexity index is 908. The summed E-state index contributed by atoms with van der Waals surface area (Å²) in [6, 6.07) is 15.4. The molecule has 0 bridgehead atoms. The van der Waals surface area contributed by atoms with Crippen LogP contribution in [0.5, 0.6) is 11.5 Å². The van der Waals surface area contributed by atoms with Gasteiger partial charge in [-0.05, 0) is 42.1 Å². The van der Waals surface area contributed by atoms with Crippen molar-refractivity contribution in [3.8, 4) is 17.6 Å². The fraction of sp³-hybridized carbons (Fsp3) is 0.111. The SMILES string of the molecule is COc1ccc(/C=C(/C#N)Sc2nc3ccccc3[nH]2)c(OC)c1. The van der Waals surface area contributed by atoms with Crippen molar-refractivity contribution < 1.29 is 9.47 Å². The van der Waals surface area contributed by atoms with Crippen LogP contribution in [0.15, 0.2) is 52.5 Å². The van der Waals surface area contributed by atoms with Crippen LogP contribution < -0.4 is 9.47 Å². The number of para-hydroxylation sites is 2. The van der Waals surface area contributed by atoms with Gasteiger partial charge in [-0.1, -0.05) is 12.1 Å². The molecular formula is C18H15N3O2S. The molecule has 0 atom stereocenters. The molecule has 2 aromatic carbocycles. The number of thioether (sulfide) groups is 1. The number of aromatic amines is 1. The lowest BCUT2D eigenvalue weighted by molar-refractivity contribution is 0.394. The number of ether oxygens (including phenoxy) is 2. The molecule has 0 aliphatic carbocycles. The monoisotopic (exact) mass is 337 g/mol. The van der Waals surface area contributed by atoms with Crippen LogP contribution in [0.2, 0.25) is 0 Å². The van der Waals surface area contributed by atoms with Crippen LogP contribution >= 0.6 is 11.8 Å². The van der Waals surface area contributed by atoms with Crippen molar-refractivity contribution >= 4 is 28.9 Å². The van der Waals surface area contributed by atoms with Gasteiger partial charge >= 0.3 is 0 Å². The first kappa shape index (κ1) is 16.0. The van der Waals surface area contributed by atoms with Crippen molar-refractivity contribution in [2.45, 2.75) is 5.16 Å². The van der Waals surface area contributed by atoms with Crippen LogP contribution in [0.3, 0.4) is 0 Å². The lowest BCUT2D eigenvalue weighted by atomic mass is 10.2. The Kier molecular flexibility index (Phi) is 4.73. The number of methoxy groups -OCH3 is 2. The van der Waals surface area contributed by atoms with Gasteiger partial charge in [0.1, 0.15) is 17.6 Å². The molecule has 24 heavy (non-hydrogen) atoms. The molecule has 0 radical (unpaired) electrons. The highest BCUT2D eigenvalue weighted by atomic mass is 32.2. The minimum atomic E-state index is 0.512. The molecule has 0 fully saturated rings. The molecule has 1 N–H and O–H groups in total. The summed E-state index contributed by atoms with van der Waals surface area (Å²) in [7, 11) is 3.19. The molecule has 0 aliphatic heterocycles. The third-order valence-electron chi connectivity index (χ3n) is 3.41. The summed E-state index contributed by atoms with van der Waals surface area (Å²) in [6.45, 7) is 0. The molecule has 0 spiro atoms. The zero-order valence-electron chi connectivity index (χ0n) is 13.2. The van der Waals surface area contributed by atoms with Gasteiger partial charge in [0.05, 0.1) is 30.2 Å². The first-order chi connectivity index (χ1) is 11.7. The summed E-state index contributed by atoms with van der Waals surface area (Å²) in [5.74, 6) is 1.35. The zero-order valence-corrected chi connectivity index (χ0v) is 14.1. The van der Waals surface area contributed by atoms with E-state index in [-0.39, 0.29) is 0 Å². The quantitative estimate of drug-likeness (QED) is 0.557. The Balaban J connectivity index is 1.91. The van der Waals surface area contributed by atoms with Gasteiger partial charge in [0.25, 0.3) is 0 Å². The first-order valence-corrected chi connectivity index (χ1v) is 8.01. The number of rotatable bonds is 5. The van der Waals surface area contributed by atoms with E-state index >= 15 is 0 Å². The largest absolute Gasteiger partial charge is 0.497 e. The van der Waals surface area contributed by atoms with Crippen molar-refractivity contribution in [1.29, 1.82) is 5.26 Å². The number of benzene rings is 2. The summed E-state index contributed by atoms with van der Waals surface area (Å²) < 4.78 is 10.6. The van der Waals surface area contributed by atoms with E-state index in [1.807, 2.05) is 36.4 Å². The van der Waals surface area contributed by atoms with Crippen molar-refractivity contribution in [3.63, 3.8) is 0 Å². The van der Waals surface area contributed by atoms with Gasteiger partial charge in [-0.3, -0.25) is 0 Å². The topological polar surface area (TPSA) is 70.9 Å². The lowest BCUT2D eigenvalue weighted by Gasteiger charge is -2.07. The van der Waals surface area contributed by atoms with Crippen molar-refractivity contribution in [2.24, 2.45) is 0 Å². The number of hydrogen-bond donors (Lipinski definition) is 1. The van der Waals surface area contributed by atoms with E-state index < -0.39 is 0 Å². The third-order valence-corrected chi connectivity index (χ3v) is 4.23. The predicted octanol–water partition coefficient (Wildman–Crippen LogP) is 4.24. The van der Waals surface area contributed by atoms with E-state index in [1.54, 1.807) is 26.4 Å².